The summed E-state index contributed by atoms with van der Waals surface area (Å²) >= 11 is 0. The Hall–Kier alpha value is -2.08. The molecule has 114 valence electrons. The zero-order valence-electron chi connectivity index (χ0n) is 11.9. The number of carboxylic acid groups (broad SMARTS) is 1. The van der Waals surface area contributed by atoms with Crippen molar-refractivity contribution in [3.63, 3.8) is 0 Å². The van der Waals surface area contributed by atoms with Crippen LogP contribution in [-0.4, -0.2) is 42.3 Å². The molecule has 1 fully saturated rings. The Labute approximate surface area is 123 Å². The number of hydrogen-bond acceptors (Lipinski definition) is 4. The molecule has 1 aromatic rings. The Morgan fingerprint density at radius 3 is 2.81 bits per heavy atom. The van der Waals surface area contributed by atoms with Crippen molar-refractivity contribution in [2.24, 2.45) is 0 Å². The lowest BCUT2D eigenvalue weighted by Gasteiger charge is -2.12. The summed E-state index contributed by atoms with van der Waals surface area (Å²) in [5.41, 5.74) is 1.11. The summed E-state index contributed by atoms with van der Waals surface area (Å²) in [7, 11) is 0. The van der Waals surface area contributed by atoms with Crippen molar-refractivity contribution in [2.75, 3.05) is 13.2 Å². The Morgan fingerprint density at radius 2 is 2.14 bits per heavy atom. The van der Waals surface area contributed by atoms with E-state index in [1.54, 1.807) is 0 Å². The Bertz CT molecular complexity index is 517. The number of aliphatic carboxylic acids is 1. The van der Waals surface area contributed by atoms with Crippen molar-refractivity contribution in [3.05, 3.63) is 29.8 Å². The van der Waals surface area contributed by atoms with Crippen LogP contribution < -0.4 is 10.1 Å². The molecule has 2 N–H and O–H groups in total. The molecular weight excluding hydrogens is 274 g/mol. The molecule has 1 aromatic carbocycles. The number of amides is 1. The first-order chi connectivity index (χ1) is 10.1. The summed E-state index contributed by atoms with van der Waals surface area (Å²) in [5, 5.41) is 11.5. The molecule has 0 bridgehead atoms. The van der Waals surface area contributed by atoms with Gasteiger partial charge >= 0.3 is 5.97 Å². The number of ether oxygens (including phenoxy) is 2. The second kappa shape index (κ2) is 7.08. The highest BCUT2D eigenvalue weighted by Gasteiger charge is 2.34. The van der Waals surface area contributed by atoms with Gasteiger partial charge in [-0.1, -0.05) is 12.1 Å². The minimum atomic E-state index is -1.02. The minimum Gasteiger partial charge on any atom is -0.492 e. The summed E-state index contributed by atoms with van der Waals surface area (Å²) in [6.45, 7) is 2.68. The molecule has 1 amide bonds. The largest absolute Gasteiger partial charge is 0.492 e. The molecule has 6 heteroatoms. The molecule has 0 aromatic heterocycles. The summed E-state index contributed by atoms with van der Waals surface area (Å²) in [6, 6.07) is 7.65. The van der Waals surface area contributed by atoms with Gasteiger partial charge in [0.15, 0.2) is 6.10 Å². The van der Waals surface area contributed by atoms with Gasteiger partial charge in [0.2, 0.25) is 5.91 Å². The third kappa shape index (κ3) is 4.46. The summed E-state index contributed by atoms with van der Waals surface area (Å²) in [5.74, 6) is -0.549. The standard InChI is InChI=1S/C15H19NO5/c1-10-3-2-4-11(9-10)20-8-7-16-14(17)12-5-6-13(21-12)15(18)19/h2-4,9,12-13H,5-8H2,1H3,(H,16,17)(H,18,19)/t12-,13+/m0/s1. The van der Waals surface area contributed by atoms with E-state index in [4.69, 9.17) is 14.6 Å². The first kappa shape index (κ1) is 15.3. The second-order valence-corrected chi connectivity index (χ2v) is 4.98. The molecule has 0 radical (unpaired) electrons. The topological polar surface area (TPSA) is 84.9 Å². The van der Waals surface area contributed by atoms with Crippen molar-refractivity contribution in [2.45, 2.75) is 32.0 Å². The second-order valence-electron chi connectivity index (χ2n) is 4.98. The van der Waals surface area contributed by atoms with Crippen LogP contribution in [0.2, 0.25) is 0 Å². The normalized spacial score (nSPS) is 21.0. The monoisotopic (exact) mass is 293 g/mol. The lowest BCUT2D eigenvalue weighted by Crippen LogP contribution is -2.37. The predicted octanol–water partition coefficient (Wildman–Crippen LogP) is 1.12. The maximum absolute atomic E-state index is 11.8. The molecular formula is C15H19NO5. The fourth-order valence-electron chi connectivity index (χ4n) is 2.17. The number of nitrogens with one attached hydrogen (secondary N) is 1. The van der Waals surface area contributed by atoms with Crippen LogP contribution in [0.15, 0.2) is 24.3 Å². The van der Waals surface area contributed by atoms with Gasteiger partial charge in [-0.05, 0) is 37.5 Å². The third-order valence-electron chi connectivity index (χ3n) is 3.25. The van der Waals surface area contributed by atoms with Gasteiger partial charge in [0, 0.05) is 0 Å². The first-order valence-electron chi connectivity index (χ1n) is 6.91. The summed E-state index contributed by atoms with van der Waals surface area (Å²) in [4.78, 5) is 22.5. The van der Waals surface area contributed by atoms with E-state index in [2.05, 4.69) is 5.32 Å². The summed E-state index contributed by atoms with van der Waals surface area (Å²) in [6.07, 6.45) is -0.747. The van der Waals surface area contributed by atoms with E-state index in [9.17, 15) is 9.59 Å². The minimum absolute atomic E-state index is 0.286. The fourth-order valence-corrected chi connectivity index (χ4v) is 2.17. The van der Waals surface area contributed by atoms with Gasteiger partial charge in [0.1, 0.15) is 18.5 Å². The molecule has 1 aliphatic rings. The van der Waals surface area contributed by atoms with Gasteiger partial charge in [-0.2, -0.15) is 0 Å². The van der Waals surface area contributed by atoms with Crippen molar-refractivity contribution in [1.29, 1.82) is 0 Å². The highest BCUT2D eigenvalue weighted by Crippen LogP contribution is 2.19. The van der Waals surface area contributed by atoms with Gasteiger partial charge in [-0.25, -0.2) is 4.79 Å². The van der Waals surface area contributed by atoms with E-state index in [0.717, 1.165) is 11.3 Å². The van der Waals surface area contributed by atoms with Gasteiger partial charge in [-0.3, -0.25) is 4.79 Å². The predicted molar refractivity (Wildman–Crippen MR) is 75.2 cm³/mol. The van der Waals surface area contributed by atoms with Crippen molar-refractivity contribution >= 4 is 11.9 Å². The van der Waals surface area contributed by atoms with Crippen LogP contribution in [0.3, 0.4) is 0 Å². The van der Waals surface area contributed by atoms with Gasteiger partial charge in [0.25, 0.3) is 0 Å². The highest BCUT2D eigenvalue weighted by molar-refractivity contribution is 5.82. The van der Waals surface area contributed by atoms with Crippen LogP contribution >= 0.6 is 0 Å². The van der Waals surface area contributed by atoms with Gasteiger partial charge < -0.3 is 19.9 Å². The SMILES string of the molecule is Cc1cccc(OCCNC(=O)[C@@H]2CC[C@H](C(=O)O)O2)c1. The molecule has 21 heavy (non-hydrogen) atoms. The first-order valence-corrected chi connectivity index (χ1v) is 6.91. The molecule has 6 nitrogen and oxygen atoms in total. The lowest BCUT2D eigenvalue weighted by molar-refractivity contribution is -0.151. The van der Waals surface area contributed by atoms with Crippen LogP contribution in [0.1, 0.15) is 18.4 Å². The number of benzene rings is 1. The van der Waals surface area contributed by atoms with Crippen molar-refractivity contribution in [3.8, 4) is 5.75 Å². The van der Waals surface area contributed by atoms with E-state index in [1.165, 1.54) is 0 Å². The van der Waals surface area contributed by atoms with E-state index >= 15 is 0 Å². The third-order valence-corrected chi connectivity index (χ3v) is 3.25. The molecule has 0 unspecified atom stereocenters. The zero-order chi connectivity index (χ0) is 15.2. The van der Waals surface area contributed by atoms with Crippen LogP contribution in [0, 0.1) is 6.92 Å². The molecule has 0 spiro atoms. The molecule has 0 saturated carbocycles. The van der Waals surface area contributed by atoms with E-state index in [0.29, 0.717) is 26.0 Å². The molecule has 1 saturated heterocycles. The number of hydrogen-bond donors (Lipinski definition) is 2. The van der Waals surface area contributed by atoms with Crippen LogP contribution in [-0.2, 0) is 14.3 Å². The lowest BCUT2D eigenvalue weighted by atomic mass is 10.2. The smallest absolute Gasteiger partial charge is 0.332 e. The van der Waals surface area contributed by atoms with E-state index < -0.39 is 18.2 Å². The summed E-state index contributed by atoms with van der Waals surface area (Å²) < 4.78 is 10.7. The van der Waals surface area contributed by atoms with Crippen LogP contribution in [0.5, 0.6) is 5.75 Å². The molecule has 1 aliphatic heterocycles. The number of carbonyl (C=O) groups excluding carboxylic acids is 1. The van der Waals surface area contributed by atoms with Gasteiger partial charge in [-0.15, -0.1) is 0 Å². The van der Waals surface area contributed by atoms with Gasteiger partial charge in [0.05, 0.1) is 6.54 Å². The maximum atomic E-state index is 11.8. The number of aryl methyl sites for hydroxylation is 1. The van der Waals surface area contributed by atoms with E-state index in [1.807, 2.05) is 31.2 Å². The maximum Gasteiger partial charge on any atom is 0.332 e. The Balaban J connectivity index is 1.67. The molecule has 2 rings (SSSR count). The number of carbonyl (C=O) groups is 2. The Morgan fingerprint density at radius 1 is 1.38 bits per heavy atom. The average Bonchev–Trinajstić information content (AvgIpc) is 2.93. The van der Waals surface area contributed by atoms with Crippen LogP contribution in [0.4, 0.5) is 0 Å². The fraction of sp³-hybridized carbons (Fsp3) is 0.467. The number of rotatable bonds is 6. The van der Waals surface area contributed by atoms with E-state index in [-0.39, 0.29) is 5.91 Å². The quantitative estimate of drug-likeness (QED) is 0.768. The highest BCUT2D eigenvalue weighted by atomic mass is 16.5. The Kier molecular flexibility index (Phi) is 5.16. The van der Waals surface area contributed by atoms with Crippen molar-refractivity contribution < 1.29 is 24.2 Å². The molecule has 2 atom stereocenters. The molecule has 0 aliphatic carbocycles. The van der Waals surface area contributed by atoms with Crippen molar-refractivity contribution in [1.82, 2.24) is 5.32 Å². The van der Waals surface area contributed by atoms with Crippen LogP contribution in [0.25, 0.3) is 0 Å². The number of carboxylic acids is 1. The zero-order valence-corrected chi connectivity index (χ0v) is 11.9. The molecule has 1 heterocycles. The average molecular weight is 293 g/mol.